The van der Waals surface area contributed by atoms with Gasteiger partial charge in [-0.1, -0.05) is 0 Å². The number of anilines is 3. The summed E-state index contributed by atoms with van der Waals surface area (Å²) < 4.78 is 0. The molecule has 0 aromatic carbocycles. The minimum atomic E-state index is 0.235. The molecule has 2 aliphatic rings. The molecule has 6 nitrogen and oxygen atoms in total. The third-order valence-electron chi connectivity index (χ3n) is 3.85. The van der Waals surface area contributed by atoms with Gasteiger partial charge in [-0.15, -0.1) is 0 Å². The summed E-state index contributed by atoms with van der Waals surface area (Å²) in [5, 5.41) is 3.36. The van der Waals surface area contributed by atoms with Crippen molar-refractivity contribution in [1.29, 1.82) is 0 Å². The minimum absolute atomic E-state index is 0.235. The Morgan fingerprint density at radius 2 is 2.00 bits per heavy atom. The van der Waals surface area contributed by atoms with Gasteiger partial charge in [0, 0.05) is 12.6 Å². The number of nitrogen functional groups attached to an aromatic ring is 2. The molecule has 0 spiro atoms. The third-order valence-corrected chi connectivity index (χ3v) is 3.85. The SMILES string of the molecule is NNc1cc(NCC2(C3CC3)CC2)nc(N)n1. The van der Waals surface area contributed by atoms with Crippen molar-refractivity contribution in [2.75, 3.05) is 23.0 Å². The average Bonchev–Trinajstić information content (AvgIpc) is 3.15. The Morgan fingerprint density at radius 1 is 1.29 bits per heavy atom. The Kier molecular flexibility index (Phi) is 2.32. The first-order chi connectivity index (χ1) is 8.22. The summed E-state index contributed by atoms with van der Waals surface area (Å²) in [5.74, 6) is 7.77. The minimum Gasteiger partial charge on any atom is -0.369 e. The number of rotatable bonds is 5. The molecule has 0 radical (unpaired) electrons. The Hall–Kier alpha value is -1.56. The van der Waals surface area contributed by atoms with E-state index in [0.717, 1.165) is 18.3 Å². The second-order valence-corrected chi connectivity index (χ2v) is 5.13. The summed E-state index contributed by atoms with van der Waals surface area (Å²) in [6.45, 7) is 0.984. The highest BCUT2D eigenvalue weighted by molar-refractivity contribution is 5.50. The van der Waals surface area contributed by atoms with Crippen LogP contribution in [0.1, 0.15) is 25.7 Å². The monoisotopic (exact) mass is 234 g/mol. The molecule has 92 valence electrons. The van der Waals surface area contributed by atoms with Gasteiger partial charge in [0.1, 0.15) is 11.6 Å². The van der Waals surface area contributed by atoms with Crippen LogP contribution >= 0.6 is 0 Å². The van der Waals surface area contributed by atoms with Gasteiger partial charge in [-0.05, 0) is 37.0 Å². The van der Waals surface area contributed by atoms with Crippen molar-refractivity contribution >= 4 is 17.6 Å². The quantitative estimate of drug-likeness (QED) is 0.447. The molecule has 2 saturated carbocycles. The van der Waals surface area contributed by atoms with E-state index in [1.165, 1.54) is 25.7 Å². The number of hydrazine groups is 1. The average molecular weight is 234 g/mol. The number of hydrogen-bond acceptors (Lipinski definition) is 6. The second-order valence-electron chi connectivity index (χ2n) is 5.13. The Morgan fingerprint density at radius 3 is 2.59 bits per heavy atom. The zero-order valence-corrected chi connectivity index (χ0v) is 9.74. The number of hydrogen-bond donors (Lipinski definition) is 4. The van der Waals surface area contributed by atoms with Gasteiger partial charge >= 0.3 is 0 Å². The Balaban J connectivity index is 1.66. The topological polar surface area (TPSA) is 102 Å². The molecule has 6 N–H and O–H groups in total. The van der Waals surface area contributed by atoms with Crippen LogP contribution in [0.5, 0.6) is 0 Å². The number of aromatic nitrogens is 2. The van der Waals surface area contributed by atoms with E-state index < -0.39 is 0 Å². The van der Waals surface area contributed by atoms with E-state index in [4.69, 9.17) is 11.6 Å². The molecule has 2 aliphatic carbocycles. The van der Waals surface area contributed by atoms with E-state index in [2.05, 4.69) is 20.7 Å². The maximum atomic E-state index is 5.60. The summed E-state index contributed by atoms with van der Waals surface area (Å²) in [7, 11) is 0. The van der Waals surface area contributed by atoms with Crippen molar-refractivity contribution in [2.24, 2.45) is 17.2 Å². The molecule has 6 heteroatoms. The summed E-state index contributed by atoms with van der Waals surface area (Å²) >= 11 is 0. The molecule has 0 bridgehead atoms. The van der Waals surface area contributed by atoms with Crippen LogP contribution in [0, 0.1) is 11.3 Å². The highest BCUT2D eigenvalue weighted by Crippen LogP contribution is 2.61. The van der Waals surface area contributed by atoms with Gasteiger partial charge in [0.2, 0.25) is 5.95 Å². The molecule has 0 amide bonds. The first-order valence-electron chi connectivity index (χ1n) is 6.07. The maximum absolute atomic E-state index is 5.60. The Bertz CT molecular complexity index is 424. The number of nitrogens with two attached hydrogens (primary N) is 2. The van der Waals surface area contributed by atoms with Crippen LogP contribution in [-0.2, 0) is 0 Å². The van der Waals surface area contributed by atoms with Crippen LogP contribution in [0.3, 0.4) is 0 Å². The van der Waals surface area contributed by atoms with Crippen molar-refractivity contribution in [1.82, 2.24) is 9.97 Å². The van der Waals surface area contributed by atoms with Crippen LogP contribution in [0.2, 0.25) is 0 Å². The van der Waals surface area contributed by atoms with Crippen LogP contribution in [0.15, 0.2) is 6.07 Å². The van der Waals surface area contributed by atoms with Crippen LogP contribution in [0.4, 0.5) is 17.6 Å². The smallest absolute Gasteiger partial charge is 0.223 e. The molecule has 17 heavy (non-hydrogen) atoms. The third kappa shape index (κ3) is 2.12. The molecule has 1 aromatic rings. The molecular formula is C11H18N6. The summed E-state index contributed by atoms with van der Waals surface area (Å²) in [4.78, 5) is 8.10. The van der Waals surface area contributed by atoms with Crippen molar-refractivity contribution in [2.45, 2.75) is 25.7 Å². The van der Waals surface area contributed by atoms with Gasteiger partial charge in [-0.25, -0.2) is 5.84 Å². The van der Waals surface area contributed by atoms with Crippen LogP contribution < -0.4 is 22.3 Å². The van der Waals surface area contributed by atoms with Crippen LogP contribution in [0.25, 0.3) is 0 Å². The molecule has 2 fully saturated rings. The van der Waals surface area contributed by atoms with Crippen molar-refractivity contribution in [3.8, 4) is 0 Å². The lowest BCUT2D eigenvalue weighted by molar-refractivity contribution is 0.466. The summed E-state index contributed by atoms with van der Waals surface area (Å²) in [6.07, 6.45) is 5.47. The van der Waals surface area contributed by atoms with Gasteiger partial charge in [0.05, 0.1) is 0 Å². The first kappa shape index (κ1) is 10.6. The summed E-state index contributed by atoms with van der Waals surface area (Å²) in [5.41, 5.74) is 8.63. The van der Waals surface area contributed by atoms with E-state index in [0.29, 0.717) is 11.2 Å². The van der Waals surface area contributed by atoms with Gasteiger partial charge in [0.25, 0.3) is 0 Å². The largest absolute Gasteiger partial charge is 0.369 e. The second kappa shape index (κ2) is 3.73. The van der Waals surface area contributed by atoms with E-state index >= 15 is 0 Å². The molecule has 0 aliphatic heterocycles. The van der Waals surface area contributed by atoms with Crippen molar-refractivity contribution in [3.05, 3.63) is 6.07 Å². The van der Waals surface area contributed by atoms with E-state index in [9.17, 15) is 0 Å². The predicted molar refractivity (Wildman–Crippen MR) is 67.1 cm³/mol. The van der Waals surface area contributed by atoms with Crippen molar-refractivity contribution in [3.63, 3.8) is 0 Å². The molecule has 3 rings (SSSR count). The fourth-order valence-corrected chi connectivity index (χ4v) is 2.48. The molecular weight excluding hydrogens is 216 g/mol. The maximum Gasteiger partial charge on any atom is 0.223 e. The number of nitrogens with one attached hydrogen (secondary N) is 2. The highest BCUT2D eigenvalue weighted by Gasteiger charge is 2.53. The van der Waals surface area contributed by atoms with Crippen molar-refractivity contribution < 1.29 is 0 Å². The number of nitrogens with zero attached hydrogens (tertiary/aromatic N) is 2. The lowest BCUT2D eigenvalue weighted by atomic mass is 10.0. The van der Waals surface area contributed by atoms with Crippen LogP contribution in [-0.4, -0.2) is 16.5 Å². The fraction of sp³-hybridized carbons (Fsp3) is 0.636. The molecule has 1 aromatic heterocycles. The van der Waals surface area contributed by atoms with E-state index in [-0.39, 0.29) is 5.95 Å². The van der Waals surface area contributed by atoms with Gasteiger partial charge in [0.15, 0.2) is 0 Å². The summed E-state index contributed by atoms with van der Waals surface area (Å²) in [6, 6.07) is 1.78. The molecule has 0 saturated heterocycles. The highest BCUT2D eigenvalue weighted by atomic mass is 15.3. The van der Waals surface area contributed by atoms with Gasteiger partial charge in [-0.2, -0.15) is 9.97 Å². The van der Waals surface area contributed by atoms with E-state index in [1.54, 1.807) is 6.07 Å². The van der Waals surface area contributed by atoms with Gasteiger partial charge < -0.3 is 16.5 Å². The zero-order chi connectivity index (χ0) is 11.9. The lowest BCUT2D eigenvalue weighted by Crippen LogP contribution is -2.19. The molecule has 0 atom stereocenters. The normalized spacial score (nSPS) is 21.0. The van der Waals surface area contributed by atoms with Gasteiger partial charge in [-0.3, -0.25) is 0 Å². The Labute approximate surface area is 100 Å². The molecule has 1 heterocycles. The van der Waals surface area contributed by atoms with E-state index in [1.807, 2.05) is 0 Å². The predicted octanol–water partition coefficient (Wildman–Crippen LogP) is 0.946. The lowest BCUT2D eigenvalue weighted by Gasteiger charge is -2.15. The first-order valence-corrected chi connectivity index (χ1v) is 6.07. The molecule has 0 unspecified atom stereocenters. The zero-order valence-electron chi connectivity index (χ0n) is 9.74. The fourth-order valence-electron chi connectivity index (χ4n) is 2.48. The standard InChI is InChI=1S/C11H18N6/c12-10-15-8(5-9(16-10)17-13)14-6-11(3-4-11)7-1-2-7/h5,7H,1-4,6,13H2,(H4,12,14,15,16,17).